The maximum atomic E-state index is 13.5. The van der Waals surface area contributed by atoms with Crippen molar-refractivity contribution in [3.63, 3.8) is 0 Å². The summed E-state index contributed by atoms with van der Waals surface area (Å²) in [7, 11) is 3.62. The highest BCUT2D eigenvalue weighted by molar-refractivity contribution is 6.39. The van der Waals surface area contributed by atoms with Gasteiger partial charge in [-0.05, 0) is 37.9 Å². The fourth-order valence-corrected chi connectivity index (χ4v) is 2.62. The van der Waals surface area contributed by atoms with Gasteiger partial charge in [0.15, 0.2) is 0 Å². The summed E-state index contributed by atoms with van der Waals surface area (Å²) in [4.78, 5) is 25.7. The molecule has 2 aromatic rings. The highest BCUT2D eigenvalue weighted by Crippen LogP contribution is 2.25. The molecule has 26 heavy (non-hydrogen) atoms. The molecule has 0 radical (unpaired) electrons. The van der Waals surface area contributed by atoms with E-state index < -0.39 is 29.1 Å². The first-order valence-corrected chi connectivity index (χ1v) is 8.12. The molecule has 2 N–H and O–H groups in total. The number of halogens is 3. The molecular weight excluding hydrogens is 364 g/mol. The molecule has 2 rings (SSSR count). The van der Waals surface area contributed by atoms with E-state index in [-0.39, 0.29) is 12.6 Å². The summed E-state index contributed by atoms with van der Waals surface area (Å²) in [6.07, 6.45) is 0. The van der Waals surface area contributed by atoms with Crippen molar-refractivity contribution in [2.24, 2.45) is 0 Å². The minimum Gasteiger partial charge on any atom is -0.346 e. The monoisotopic (exact) mass is 381 g/mol. The lowest BCUT2D eigenvalue weighted by Gasteiger charge is -2.25. The summed E-state index contributed by atoms with van der Waals surface area (Å²) in [6.45, 7) is 0.106. The molecule has 0 aliphatic carbocycles. The zero-order chi connectivity index (χ0) is 19.3. The van der Waals surface area contributed by atoms with Crippen LogP contribution in [-0.4, -0.2) is 37.4 Å². The number of hydrogen-bond donors (Lipinski definition) is 2. The van der Waals surface area contributed by atoms with Crippen LogP contribution >= 0.6 is 11.6 Å². The second-order valence-corrected chi connectivity index (χ2v) is 6.20. The van der Waals surface area contributed by atoms with E-state index in [1.807, 2.05) is 36.4 Å². The summed E-state index contributed by atoms with van der Waals surface area (Å²) < 4.78 is 26.7. The summed E-state index contributed by atoms with van der Waals surface area (Å²) in [6, 6.07) is 9.46. The van der Waals surface area contributed by atoms with Crippen molar-refractivity contribution >= 4 is 29.1 Å². The molecule has 0 fully saturated rings. The second-order valence-electron chi connectivity index (χ2n) is 5.79. The van der Waals surface area contributed by atoms with Gasteiger partial charge in [0.25, 0.3) is 0 Å². The standard InChI is InChI=1S/C18H18ClF2N3O2/c1-24(2)16(12-5-3-4-6-13(12)19)10-22-17(25)18(26)23-15-9-11(20)7-8-14(15)21/h3-9,16H,10H2,1-2H3,(H,22,25)(H,23,26)/t16-/m0/s1. The first-order chi connectivity index (χ1) is 12.3. The minimum absolute atomic E-state index is 0.106. The Kier molecular flexibility index (Phi) is 6.65. The highest BCUT2D eigenvalue weighted by Gasteiger charge is 2.21. The molecule has 2 amide bonds. The molecule has 0 aliphatic rings. The van der Waals surface area contributed by atoms with Crippen LogP contribution in [0, 0.1) is 11.6 Å². The number of carbonyl (C=O) groups excluding carboxylic acids is 2. The summed E-state index contributed by atoms with van der Waals surface area (Å²) in [5.41, 5.74) is 0.386. The van der Waals surface area contributed by atoms with Crippen LogP contribution in [0.1, 0.15) is 11.6 Å². The van der Waals surface area contributed by atoms with Crippen molar-refractivity contribution in [3.05, 3.63) is 64.7 Å². The lowest BCUT2D eigenvalue weighted by molar-refractivity contribution is -0.136. The van der Waals surface area contributed by atoms with Gasteiger partial charge >= 0.3 is 11.8 Å². The van der Waals surface area contributed by atoms with Gasteiger partial charge in [0.05, 0.1) is 11.7 Å². The summed E-state index contributed by atoms with van der Waals surface area (Å²) in [5.74, 6) is -3.62. The Morgan fingerprint density at radius 2 is 1.81 bits per heavy atom. The van der Waals surface area contributed by atoms with E-state index in [1.165, 1.54) is 0 Å². The Morgan fingerprint density at radius 1 is 1.12 bits per heavy atom. The molecule has 0 bridgehead atoms. The second kappa shape index (κ2) is 8.73. The van der Waals surface area contributed by atoms with Crippen molar-refractivity contribution < 1.29 is 18.4 Å². The van der Waals surface area contributed by atoms with Crippen molar-refractivity contribution in [2.75, 3.05) is 26.0 Å². The molecule has 0 heterocycles. The van der Waals surface area contributed by atoms with E-state index in [2.05, 4.69) is 5.32 Å². The Bertz CT molecular complexity index is 815. The van der Waals surface area contributed by atoms with Gasteiger partial charge in [0, 0.05) is 17.6 Å². The van der Waals surface area contributed by atoms with Gasteiger partial charge < -0.3 is 15.5 Å². The Morgan fingerprint density at radius 3 is 2.46 bits per heavy atom. The number of nitrogens with one attached hydrogen (secondary N) is 2. The zero-order valence-corrected chi connectivity index (χ0v) is 15.0. The molecule has 0 unspecified atom stereocenters. The lowest BCUT2D eigenvalue weighted by Crippen LogP contribution is -2.40. The summed E-state index contributed by atoms with van der Waals surface area (Å²) >= 11 is 6.18. The molecular formula is C18H18ClF2N3O2. The SMILES string of the molecule is CN(C)[C@@H](CNC(=O)C(=O)Nc1cc(F)ccc1F)c1ccccc1Cl. The van der Waals surface area contributed by atoms with E-state index in [1.54, 1.807) is 12.1 Å². The quantitative estimate of drug-likeness (QED) is 0.783. The predicted octanol–water partition coefficient (Wildman–Crippen LogP) is 2.98. The van der Waals surface area contributed by atoms with Crippen molar-refractivity contribution in [2.45, 2.75) is 6.04 Å². The van der Waals surface area contributed by atoms with Crippen LogP contribution in [-0.2, 0) is 9.59 Å². The van der Waals surface area contributed by atoms with Crippen LogP contribution in [0.5, 0.6) is 0 Å². The van der Waals surface area contributed by atoms with Crippen LogP contribution in [0.25, 0.3) is 0 Å². The predicted molar refractivity (Wildman–Crippen MR) is 95.9 cm³/mol. The minimum atomic E-state index is -1.09. The number of nitrogens with zero attached hydrogens (tertiary/aromatic N) is 1. The van der Waals surface area contributed by atoms with E-state index in [9.17, 15) is 18.4 Å². The largest absolute Gasteiger partial charge is 0.346 e. The fourth-order valence-electron chi connectivity index (χ4n) is 2.36. The molecule has 5 nitrogen and oxygen atoms in total. The number of anilines is 1. The molecule has 0 spiro atoms. The number of rotatable bonds is 5. The Balaban J connectivity index is 2.03. The molecule has 138 valence electrons. The molecule has 0 aliphatic heterocycles. The van der Waals surface area contributed by atoms with Gasteiger partial charge in [-0.2, -0.15) is 0 Å². The molecule has 0 saturated heterocycles. The van der Waals surface area contributed by atoms with Gasteiger partial charge in [0.2, 0.25) is 0 Å². The topological polar surface area (TPSA) is 61.4 Å². The lowest BCUT2D eigenvalue weighted by atomic mass is 10.1. The van der Waals surface area contributed by atoms with Gasteiger partial charge in [-0.15, -0.1) is 0 Å². The van der Waals surface area contributed by atoms with Gasteiger partial charge in [0.1, 0.15) is 11.6 Å². The van der Waals surface area contributed by atoms with Crippen molar-refractivity contribution in [3.8, 4) is 0 Å². The Labute approximate surface area is 154 Å². The van der Waals surface area contributed by atoms with Gasteiger partial charge in [-0.25, -0.2) is 8.78 Å². The Hall–Kier alpha value is -2.51. The molecule has 1 atom stereocenters. The van der Waals surface area contributed by atoms with Crippen LogP contribution in [0.15, 0.2) is 42.5 Å². The van der Waals surface area contributed by atoms with E-state index in [0.717, 1.165) is 23.8 Å². The fraction of sp³-hybridized carbons (Fsp3) is 0.222. The van der Waals surface area contributed by atoms with Crippen LogP contribution in [0.3, 0.4) is 0 Å². The molecule has 2 aromatic carbocycles. The molecule has 0 aromatic heterocycles. The number of hydrogen-bond acceptors (Lipinski definition) is 3. The van der Waals surface area contributed by atoms with E-state index in [0.29, 0.717) is 5.02 Å². The van der Waals surface area contributed by atoms with Crippen LogP contribution < -0.4 is 10.6 Å². The third-order valence-corrected chi connectivity index (χ3v) is 4.07. The van der Waals surface area contributed by atoms with Gasteiger partial charge in [-0.3, -0.25) is 9.59 Å². The number of amides is 2. The first-order valence-electron chi connectivity index (χ1n) is 7.74. The number of benzene rings is 2. The zero-order valence-electron chi connectivity index (χ0n) is 14.2. The van der Waals surface area contributed by atoms with Crippen molar-refractivity contribution in [1.29, 1.82) is 0 Å². The average Bonchev–Trinajstić information content (AvgIpc) is 2.59. The molecule has 8 heteroatoms. The van der Waals surface area contributed by atoms with Crippen LogP contribution in [0.2, 0.25) is 5.02 Å². The van der Waals surface area contributed by atoms with Crippen LogP contribution in [0.4, 0.5) is 14.5 Å². The maximum absolute atomic E-state index is 13.5. The normalized spacial score (nSPS) is 11.9. The van der Waals surface area contributed by atoms with Gasteiger partial charge in [-0.1, -0.05) is 29.8 Å². The smallest absolute Gasteiger partial charge is 0.313 e. The maximum Gasteiger partial charge on any atom is 0.313 e. The van der Waals surface area contributed by atoms with Crippen molar-refractivity contribution in [1.82, 2.24) is 10.2 Å². The first kappa shape index (κ1) is 19.8. The number of carbonyl (C=O) groups is 2. The van der Waals surface area contributed by atoms with E-state index >= 15 is 0 Å². The summed E-state index contributed by atoms with van der Waals surface area (Å²) in [5, 5.41) is 5.06. The highest BCUT2D eigenvalue weighted by atomic mass is 35.5. The number of likely N-dealkylation sites (N-methyl/N-ethyl adjacent to an activating group) is 1. The molecule has 0 saturated carbocycles. The van der Waals surface area contributed by atoms with E-state index in [4.69, 9.17) is 11.6 Å². The third-order valence-electron chi connectivity index (χ3n) is 3.73. The average molecular weight is 382 g/mol. The third kappa shape index (κ3) is 5.00.